The Morgan fingerprint density at radius 2 is 2.33 bits per heavy atom. The van der Waals surface area contributed by atoms with Gasteiger partial charge in [0.15, 0.2) is 0 Å². The van der Waals surface area contributed by atoms with Gasteiger partial charge in [-0.1, -0.05) is 6.92 Å². The first-order chi connectivity index (χ1) is 7.16. The molecule has 0 aromatic carbocycles. The van der Waals surface area contributed by atoms with Gasteiger partial charge in [-0.15, -0.1) is 0 Å². The predicted octanol–water partition coefficient (Wildman–Crippen LogP) is 1.98. The van der Waals surface area contributed by atoms with E-state index in [1.54, 1.807) is 6.92 Å². The van der Waals surface area contributed by atoms with E-state index in [0.717, 1.165) is 24.7 Å². The van der Waals surface area contributed by atoms with E-state index >= 15 is 0 Å². The second-order valence-corrected chi connectivity index (χ2v) is 4.46. The van der Waals surface area contributed by atoms with Gasteiger partial charge in [-0.3, -0.25) is 4.98 Å². The number of hydrogen-bond donors (Lipinski definition) is 1. The van der Waals surface area contributed by atoms with Crippen LogP contribution in [0.15, 0.2) is 18.3 Å². The molecule has 1 aliphatic heterocycles. The quantitative estimate of drug-likeness (QED) is 0.803. The largest absolute Gasteiger partial charge is 0.387 e. The van der Waals surface area contributed by atoms with Crippen LogP contribution in [0.5, 0.6) is 0 Å². The molecule has 1 aromatic rings. The zero-order chi connectivity index (χ0) is 10.8. The normalized spacial score (nSPS) is 23.1. The van der Waals surface area contributed by atoms with E-state index in [9.17, 15) is 5.11 Å². The van der Waals surface area contributed by atoms with Crippen molar-refractivity contribution in [2.45, 2.75) is 26.4 Å². The first-order valence-corrected chi connectivity index (χ1v) is 5.56. The minimum Gasteiger partial charge on any atom is -0.387 e. The molecule has 2 rings (SSSR count). The van der Waals surface area contributed by atoms with Crippen molar-refractivity contribution in [3.05, 3.63) is 24.0 Å². The maximum Gasteiger partial charge on any atom is 0.0931 e. The van der Waals surface area contributed by atoms with Gasteiger partial charge in [-0.25, -0.2) is 0 Å². The molecule has 0 radical (unpaired) electrons. The van der Waals surface area contributed by atoms with Crippen molar-refractivity contribution in [2.75, 3.05) is 18.0 Å². The van der Waals surface area contributed by atoms with Gasteiger partial charge in [-0.05, 0) is 31.4 Å². The standard InChI is InChI=1S/C12H18N2O/c1-9-5-6-14(8-9)11-3-4-12(10(2)15)13-7-11/h3-4,7,9-10,15H,5-6,8H2,1-2H3/t9?,10-/m1/s1. The molecule has 1 unspecified atom stereocenters. The lowest BCUT2D eigenvalue weighted by atomic mass is 10.2. The predicted molar refractivity (Wildman–Crippen MR) is 60.9 cm³/mol. The second kappa shape index (κ2) is 4.19. The lowest BCUT2D eigenvalue weighted by molar-refractivity contribution is 0.194. The fourth-order valence-corrected chi connectivity index (χ4v) is 2.00. The zero-order valence-electron chi connectivity index (χ0n) is 9.35. The zero-order valence-corrected chi connectivity index (χ0v) is 9.35. The van der Waals surface area contributed by atoms with Gasteiger partial charge in [0.25, 0.3) is 0 Å². The summed E-state index contributed by atoms with van der Waals surface area (Å²) in [5.74, 6) is 0.779. The Bertz CT molecular complexity index is 321. The number of aliphatic hydroxyl groups is 1. The van der Waals surface area contributed by atoms with Crippen LogP contribution in [0.2, 0.25) is 0 Å². The minimum atomic E-state index is -0.475. The highest BCUT2D eigenvalue weighted by molar-refractivity contribution is 5.45. The van der Waals surface area contributed by atoms with Crippen molar-refractivity contribution in [3.8, 4) is 0 Å². The van der Waals surface area contributed by atoms with E-state index < -0.39 is 6.10 Å². The minimum absolute atomic E-state index is 0.475. The highest BCUT2D eigenvalue weighted by Gasteiger charge is 2.19. The molecule has 82 valence electrons. The molecule has 1 saturated heterocycles. The van der Waals surface area contributed by atoms with Gasteiger partial charge in [0.05, 0.1) is 23.7 Å². The number of pyridine rings is 1. The van der Waals surface area contributed by atoms with Crippen LogP contribution >= 0.6 is 0 Å². The van der Waals surface area contributed by atoms with Crippen LogP contribution < -0.4 is 4.90 Å². The van der Waals surface area contributed by atoms with Crippen LogP contribution in [-0.4, -0.2) is 23.2 Å². The molecule has 0 spiro atoms. The van der Waals surface area contributed by atoms with Crippen molar-refractivity contribution < 1.29 is 5.11 Å². The fourth-order valence-electron chi connectivity index (χ4n) is 2.00. The van der Waals surface area contributed by atoms with Crippen molar-refractivity contribution >= 4 is 5.69 Å². The third-order valence-electron chi connectivity index (χ3n) is 2.99. The lowest BCUT2D eigenvalue weighted by Crippen LogP contribution is -2.19. The van der Waals surface area contributed by atoms with Crippen molar-refractivity contribution in [3.63, 3.8) is 0 Å². The Hall–Kier alpha value is -1.09. The number of hydrogen-bond acceptors (Lipinski definition) is 3. The third kappa shape index (κ3) is 2.29. The van der Waals surface area contributed by atoms with Crippen LogP contribution in [0.25, 0.3) is 0 Å². The molecule has 1 N–H and O–H groups in total. The van der Waals surface area contributed by atoms with E-state index in [4.69, 9.17) is 0 Å². The molecule has 3 nitrogen and oxygen atoms in total. The summed E-state index contributed by atoms with van der Waals surface area (Å²) < 4.78 is 0. The average Bonchev–Trinajstić information content (AvgIpc) is 2.65. The van der Waals surface area contributed by atoms with Crippen molar-refractivity contribution in [1.82, 2.24) is 4.98 Å². The molecular formula is C12H18N2O. The second-order valence-electron chi connectivity index (χ2n) is 4.46. The van der Waals surface area contributed by atoms with Crippen LogP contribution in [0, 0.1) is 5.92 Å². The van der Waals surface area contributed by atoms with Gasteiger partial charge in [-0.2, -0.15) is 0 Å². The molecular weight excluding hydrogens is 188 g/mol. The lowest BCUT2D eigenvalue weighted by Gasteiger charge is -2.18. The smallest absolute Gasteiger partial charge is 0.0931 e. The Morgan fingerprint density at radius 3 is 2.80 bits per heavy atom. The van der Waals surface area contributed by atoms with Gasteiger partial charge in [0, 0.05) is 13.1 Å². The number of nitrogens with zero attached hydrogens (tertiary/aromatic N) is 2. The molecule has 1 aromatic heterocycles. The maximum atomic E-state index is 9.35. The number of aromatic nitrogens is 1. The average molecular weight is 206 g/mol. The summed E-state index contributed by atoms with van der Waals surface area (Å²) in [4.78, 5) is 6.61. The van der Waals surface area contributed by atoms with E-state index in [1.165, 1.54) is 12.1 Å². The van der Waals surface area contributed by atoms with Crippen LogP contribution in [-0.2, 0) is 0 Å². The van der Waals surface area contributed by atoms with Crippen molar-refractivity contribution in [2.24, 2.45) is 5.92 Å². The van der Waals surface area contributed by atoms with E-state index in [-0.39, 0.29) is 0 Å². The Labute approximate surface area is 90.8 Å². The molecule has 2 atom stereocenters. The van der Waals surface area contributed by atoms with E-state index in [0.29, 0.717) is 0 Å². The molecule has 1 fully saturated rings. The summed E-state index contributed by atoms with van der Waals surface area (Å²) >= 11 is 0. The molecule has 2 heterocycles. The van der Waals surface area contributed by atoms with E-state index in [1.807, 2.05) is 18.3 Å². The van der Waals surface area contributed by atoms with Gasteiger partial charge < -0.3 is 10.0 Å². The molecule has 3 heteroatoms. The van der Waals surface area contributed by atoms with Gasteiger partial charge in [0.2, 0.25) is 0 Å². The summed E-state index contributed by atoms with van der Waals surface area (Å²) in [5.41, 5.74) is 1.91. The highest BCUT2D eigenvalue weighted by atomic mass is 16.3. The number of anilines is 1. The molecule has 0 aliphatic carbocycles. The SMILES string of the molecule is CC1CCN(c2ccc([C@@H](C)O)nc2)C1. The molecule has 0 bridgehead atoms. The van der Waals surface area contributed by atoms with Crippen LogP contribution in [0.3, 0.4) is 0 Å². The molecule has 1 aliphatic rings. The first-order valence-electron chi connectivity index (χ1n) is 5.56. The van der Waals surface area contributed by atoms with E-state index in [2.05, 4.69) is 16.8 Å². The summed E-state index contributed by atoms with van der Waals surface area (Å²) in [6.07, 6.45) is 2.65. The fraction of sp³-hybridized carbons (Fsp3) is 0.583. The summed E-state index contributed by atoms with van der Waals surface area (Å²) in [6.45, 7) is 6.25. The number of rotatable bonds is 2. The molecule has 0 saturated carbocycles. The monoisotopic (exact) mass is 206 g/mol. The van der Waals surface area contributed by atoms with Gasteiger partial charge >= 0.3 is 0 Å². The van der Waals surface area contributed by atoms with Crippen LogP contribution in [0.4, 0.5) is 5.69 Å². The maximum absolute atomic E-state index is 9.35. The Kier molecular flexibility index (Phi) is 2.91. The molecule has 15 heavy (non-hydrogen) atoms. The topological polar surface area (TPSA) is 36.4 Å². The molecule has 0 amide bonds. The Morgan fingerprint density at radius 1 is 1.53 bits per heavy atom. The summed E-state index contributed by atoms with van der Waals surface area (Å²) in [6, 6.07) is 3.95. The number of aliphatic hydroxyl groups excluding tert-OH is 1. The first kappa shape index (κ1) is 10.4. The highest BCUT2D eigenvalue weighted by Crippen LogP contribution is 2.23. The van der Waals surface area contributed by atoms with Gasteiger partial charge in [0.1, 0.15) is 0 Å². The van der Waals surface area contributed by atoms with Crippen LogP contribution in [0.1, 0.15) is 32.1 Å². The summed E-state index contributed by atoms with van der Waals surface area (Å²) in [5, 5.41) is 9.35. The third-order valence-corrected chi connectivity index (χ3v) is 2.99. The van der Waals surface area contributed by atoms with Crippen molar-refractivity contribution in [1.29, 1.82) is 0 Å². The Balaban J connectivity index is 2.10. The summed E-state index contributed by atoms with van der Waals surface area (Å²) in [7, 11) is 0.